The van der Waals surface area contributed by atoms with Gasteiger partial charge >= 0.3 is 5.97 Å². The van der Waals surface area contributed by atoms with Crippen molar-refractivity contribution in [1.82, 2.24) is 0 Å². The number of methoxy groups -OCH3 is 1. The van der Waals surface area contributed by atoms with Gasteiger partial charge in [0.1, 0.15) is 5.82 Å². The van der Waals surface area contributed by atoms with E-state index >= 15 is 0 Å². The van der Waals surface area contributed by atoms with Crippen LogP contribution in [-0.4, -0.2) is 13.1 Å². The summed E-state index contributed by atoms with van der Waals surface area (Å²) < 4.78 is 19.6. The van der Waals surface area contributed by atoms with E-state index in [-0.39, 0.29) is 5.97 Å². The molecule has 1 heterocycles. The Labute approximate surface area is 140 Å². The summed E-state index contributed by atoms with van der Waals surface area (Å²) in [6, 6.07) is 4.75. The number of esters is 1. The zero-order valence-electron chi connectivity index (χ0n) is 13.9. The summed E-state index contributed by atoms with van der Waals surface area (Å²) in [6.07, 6.45) is 5.32. The summed E-state index contributed by atoms with van der Waals surface area (Å²) in [4.78, 5) is 12.2. The molecule has 3 rings (SSSR count). The van der Waals surface area contributed by atoms with Gasteiger partial charge in [-0.3, -0.25) is 4.79 Å². The molecule has 0 radical (unpaired) electrons. The first-order valence-electron chi connectivity index (χ1n) is 8.25. The molecular weight excluding hydrogens is 311 g/mol. The lowest BCUT2D eigenvalue weighted by molar-refractivity contribution is -0.142. The quantitative estimate of drug-likeness (QED) is 0.735. The highest BCUT2D eigenvalue weighted by molar-refractivity contribution is 5.78. The number of rotatable bonds is 5. The topological polar surface area (TPSA) is 75.7 Å². The molecular formula is C17H21FN4O2. The van der Waals surface area contributed by atoms with Crippen LogP contribution in [-0.2, 0) is 15.2 Å². The number of carbonyl (C=O) groups excluding carboxylic acids is 1. The second-order valence-corrected chi connectivity index (χ2v) is 6.60. The first-order valence-corrected chi connectivity index (χ1v) is 8.25. The molecule has 24 heavy (non-hydrogen) atoms. The molecule has 1 aromatic carbocycles. The second-order valence-electron chi connectivity index (χ2n) is 6.60. The molecule has 0 N–H and O–H groups in total. The molecule has 1 aliphatic carbocycles. The summed E-state index contributed by atoms with van der Waals surface area (Å²) in [7, 11) is 1.37. The average Bonchev–Trinajstić information content (AvgIpc) is 3.24. The molecule has 0 amide bonds. The van der Waals surface area contributed by atoms with Crippen molar-refractivity contribution in [2.45, 2.75) is 50.6 Å². The minimum atomic E-state index is -1.13. The number of benzene rings is 1. The monoisotopic (exact) mass is 332 g/mol. The zero-order chi connectivity index (χ0) is 17.2. The predicted molar refractivity (Wildman–Crippen MR) is 84.8 cm³/mol. The third kappa shape index (κ3) is 3.20. The maximum atomic E-state index is 14.6. The molecule has 1 aromatic rings. The van der Waals surface area contributed by atoms with Crippen molar-refractivity contribution in [1.29, 1.82) is 0 Å². The maximum absolute atomic E-state index is 14.6. The number of nitrogens with zero attached hydrogens (tertiary/aromatic N) is 4. The van der Waals surface area contributed by atoms with Crippen LogP contribution in [0.1, 0.15) is 56.1 Å². The Morgan fingerprint density at radius 3 is 2.58 bits per heavy atom. The molecule has 6 nitrogen and oxygen atoms in total. The van der Waals surface area contributed by atoms with Crippen LogP contribution in [0.3, 0.4) is 0 Å². The van der Waals surface area contributed by atoms with E-state index in [1.165, 1.54) is 26.0 Å². The molecule has 2 aliphatic rings. The Morgan fingerprint density at radius 1 is 1.33 bits per heavy atom. The molecule has 1 saturated carbocycles. The number of hydrogen-bond donors (Lipinski definition) is 0. The van der Waals surface area contributed by atoms with Crippen molar-refractivity contribution in [3.8, 4) is 0 Å². The highest BCUT2D eigenvalue weighted by Gasteiger charge is 2.34. The van der Waals surface area contributed by atoms with Crippen LogP contribution < -0.4 is 0 Å². The van der Waals surface area contributed by atoms with E-state index in [0.717, 1.165) is 12.8 Å². The standard InChI is InChI=1S/C17H21FN4O2/c1-17(19-21-22-20-17)14-8-7-12(10-15(14)18)13(16(23)24-2)9-11-5-3-4-6-11/h7-8,10-11,13H,3-6,9H2,1-2H3. The fourth-order valence-corrected chi connectivity index (χ4v) is 3.56. The van der Waals surface area contributed by atoms with E-state index in [1.807, 2.05) is 0 Å². The fourth-order valence-electron chi connectivity index (χ4n) is 3.56. The number of ether oxygens (including phenoxy) is 1. The summed E-state index contributed by atoms with van der Waals surface area (Å²) in [5.41, 5.74) is -0.208. The van der Waals surface area contributed by atoms with E-state index in [1.54, 1.807) is 19.1 Å². The van der Waals surface area contributed by atoms with E-state index < -0.39 is 17.4 Å². The first-order chi connectivity index (χ1) is 11.5. The molecule has 0 aromatic heterocycles. The minimum absolute atomic E-state index is 0.292. The normalized spacial score (nSPS) is 20.5. The van der Waals surface area contributed by atoms with Gasteiger partial charge in [0.2, 0.25) is 5.66 Å². The molecule has 0 saturated heterocycles. The van der Waals surface area contributed by atoms with Crippen molar-refractivity contribution in [3.05, 3.63) is 35.1 Å². The van der Waals surface area contributed by atoms with Gasteiger partial charge in [0, 0.05) is 5.56 Å². The molecule has 1 aliphatic heterocycles. The summed E-state index contributed by atoms with van der Waals surface area (Å²) in [6.45, 7) is 1.64. The van der Waals surface area contributed by atoms with Crippen molar-refractivity contribution in [2.24, 2.45) is 26.6 Å². The lowest BCUT2D eigenvalue weighted by Gasteiger charge is -2.21. The van der Waals surface area contributed by atoms with Gasteiger partial charge in [-0.25, -0.2) is 4.39 Å². The van der Waals surface area contributed by atoms with Crippen LogP contribution >= 0.6 is 0 Å². The number of hydrogen-bond acceptors (Lipinski definition) is 6. The third-order valence-electron chi connectivity index (χ3n) is 4.95. The molecule has 0 spiro atoms. The maximum Gasteiger partial charge on any atom is 0.313 e. The van der Waals surface area contributed by atoms with Crippen LogP contribution in [0.2, 0.25) is 0 Å². The Hall–Kier alpha value is -2.18. The largest absolute Gasteiger partial charge is 0.469 e. The Kier molecular flexibility index (Phi) is 4.69. The van der Waals surface area contributed by atoms with Gasteiger partial charge in [0.15, 0.2) is 0 Å². The minimum Gasteiger partial charge on any atom is -0.469 e. The van der Waals surface area contributed by atoms with Gasteiger partial charge in [-0.05, 0) is 41.3 Å². The van der Waals surface area contributed by atoms with Crippen LogP contribution in [0.15, 0.2) is 38.9 Å². The number of halogens is 1. The van der Waals surface area contributed by atoms with Gasteiger partial charge in [-0.1, -0.05) is 37.8 Å². The Bertz CT molecular complexity index is 671. The van der Waals surface area contributed by atoms with E-state index in [2.05, 4.69) is 20.7 Å². The molecule has 128 valence electrons. The number of carbonyl (C=O) groups is 1. The molecule has 0 bridgehead atoms. The summed E-state index contributed by atoms with van der Waals surface area (Å²) in [5.74, 6) is -0.733. The van der Waals surface area contributed by atoms with Crippen LogP contribution in [0.25, 0.3) is 0 Å². The first kappa shape index (κ1) is 16.7. The lowest BCUT2D eigenvalue weighted by atomic mass is 9.86. The summed E-state index contributed by atoms with van der Waals surface area (Å²) in [5, 5.41) is 14.7. The molecule has 1 atom stereocenters. The Morgan fingerprint density at radius 2 is 2.00 bits per heavy atom. The van der Waals surface area contributed by atoms with Crippen LogP contribution in [0.4, 0.5) is 4.39 Å². The SMILES string of the molecule is COC(=O)C(CC1CCCC1)c1ccc(C2(C)N=NN=N2)c(F)c1. The predicted octanol–water partition coefficient (Wildman–Crippen LogP) is 4.67. The third-order valence-corrected chi connectivity index (χ3v) is 4.95. The van der Waals surface area contributed by atoms with E-state index in [4.69, 9.17) is 4.74 Å². The average molecular weight is 332 g/mol. The van der Waals surface area contributed by atoms with Gasteiger partial charge in [-0.2, -0.15) is 0 Å². The highest BCUT2D eigenvalue weighted by Crippen LogP contribution is 2.37. The van der Waals surface area contributed by atoms with E-state index in [0.29, 0.717) is 23.5 Å². The summed E-state index contributed by atoms with van der Waals surface area (Å²) >= 11 is 0. The van der Waals surface area contributed by atoms with Crippen molar-refractivity contribution < 1.29 is 13.9 Å². The van der Waals surface area contributed by atoms with Crippen LogP contribution in [0.5, 0.6) is 0 Å². The Balaban J connectivity index is 1.87. The van der Waals surface area contributed by atoms with E-state index in [9.17, 15) is 9.18 Å². The lowest BCUT2D eigenvalue weighted by Crippen LogP contribution is -2.19. The van der Waals surface area contributed by atoms with Gasteiger partial charge in [0.05, 0.1) is 13.0 Å². The van der Waals surface area contributed by atoms with Crippen molar-refractivity contribution in [2.75, 3.05) is 7.11 Å². The van der Waals surface area contributed by atoms with Crippen molar-refractivity contribution >= 4 is 5.97 Å². The highest BCUT2D eigenvalue weighted by atomic mass is 19.1. The van der Waals surface area contributed by atoms with Gasteiger partial charge < -0.3 is 4.74 Å². The zero-order valence-corrected chi connectivity index (χ0v) is 13.9. The molecule has 1 fully saturated rings. The fraction of sp³-hybridized carbons (Fsp3) is 0.588. The van der Waals surface area contributed by atoms with Gasteiger partial charge in [0.25, 0.3) is 0 Å². The van der Waals surface area contributed by atoms with Gasteiger partial charge in [-0.15, -0.1) is 10.2 Å². The molecule has 7 heteroatoms. The van der Waals surface area contributed by atoms with Crippen LogP contribution in [0, 0.1) is 11.7 Å². The second kappa shape index (κ2) is 6.75. The smallest absolute Gasteiger partial charge is 0.313 e. The van der Waals surface area contributed by atoms with Crippen molar-refractivity contribution in [3.63, 3.8) is 0 Å². The molecule has 1 unspecified atom stereocenters.